The second-order valence-electron chi connectivity index (χ2n) is 2.52. The van der Waals surface area contributed by atoms with E-state index in [4.69, 9.17) is 5.73 Å². The standard InChI is InChI=1S/C9H13NO4/c1-4-5-13-9(12)7(3)14-8(11)6(2)10/h4,6H,1,3,5,10H2,2H3. The second kappa shape index (κ2) is 5.93. The largest absolute Gasteiger partial charge is 0.456 e. The Hall–Kier alpha value is -1.62. The summed E-state index contributed by atoms with van der Waals surface area (Å²) in [6.07, 6.45) is 1.39. The first-order valence-electron chi connectivity index (χ1n) is 3.93. The van der Waals surface area contributed by atoms with Gasteiger partial charge < -0.3 is 15.2 Å². The predicted molar refractivity (Wildman–Crippen MR) is 50.0 cm³/mol. The van der Waals surface area contributed by atoms with E-state index in [0.717, 1.165) is 0 Å². The second-order valence-corrected chi connectivity index (χ2v) is 2.52. The number of carbonyl (C=O) groups is 2. The van der Waals surface area contributed by atoms with Gasteiger partial charge in [0.25, 0.3) is 0 Å². The smallest absolute Gasteiger partial charge is 0.374 e. The lowest BCUT2D eigenvalue weighted by Gasteiger charge is -2.07. The topological polar surface area (TPSA) is 78.6 Å². The van der Waals surface area contributed by atoms with Gasteiger partial charge in [0, 0.05) is 0 Å². The van der Waals surface area contributed by atoms with Crippen molar-refractivity contribution >= 4 is 11.9 Å². The van der Waals surface area contributed by atoms with Gasteiger partial charge in [-0.2, -0.15) is 0 Å². The van der Waals surface area contributed by atoms with E-state index in [9.17, 15) is 9.59 Å². The van der Waals surface area contributed by atoms with Gasteiger partial charge in [-0.3, -0.25) is 0 Å². The fraction of sp³-hybridized carbons (Fsp3) is 0.333. The molecule has 0 aromatic rings. The number of hydrogen-bond acceptors (Lipinski definition) is 5. The van der Waals surface area contributed by atoms with Crippen LogP contribution in [0.1, 0.15) is 6.92 Å². The van der Waals surface area contributed by atoms with Crippen LogP contribution in [0.3, 0.4) is 0 Å². The van der Waals surface area contributed by atoms with Crippen molar-refractivity contribution in [2.45, 2.75) is 13.0 Å². The molecule has 1 atom stereocenters. The minimum absolute atomic E-state index is 0.0353. The Labute approximate surface area is 82.2 Å². The fourth-order valence-corrected chi connectivity index (χ4v) is 0.471. The maximum absolute atomic E-state index is 11.0. The molecule has 5 heteroatoms. The molecule has 0 fully saturated rings. The predicted octanol–water partition coefficient (Wildman–Crippen LogP) is 0.120. The van der Waals surface area contributed by atoms with Crippen LogP contribution in [0.5, 0.6) is 0 Å². The first kappa shape index (κ1) is 12.4. The summed E-state index contributed by atoms with van der Waals surface area (Å²) in [6, 6.07) is -0.807. The molecule has 0 radical (unpaired) electrons. The number of hydrogen-bond donors (Lipinski definition) is 1. The highest BCUT2D eigenvalue weighted by molar-refractivity contribution is 5.89. The van der Waals surface area contributed by atoms with Crippen LogP contribution in [0.15, 0.2) is 25.0 Å². The zero-order chi connectivity index (χ0) is 11.1. The lowest BCUT2D eigenvalue weighted by Crippen LogP contribution is -2.29. The van der Waals surface area contributed by atoms with Crippen molar-refractivity contribution in [3.63, 3.8) is 0 Å². The summed E-state index contributed by atoms with van der Waals surface area (Å²) in [4.78, 5) is 21.9. The van der Waals surface area contributed by atoms with Gasteiger partial charge in [-0.25, -0.2) is 9.59 Å². The molecule has 0 aliphatic carbocycles. The van der Waals surface area contributed by atoms with Crippen LogP contribution >= 0.6 is 0 Å². The maximum atomic E-state index is 11.0. The summed E-state index contributed by atoms with van der Waals surface area (Å²) in [7, 11) is 0. The number of ether oxygens (including phenoxy) is 2. The molecular formula is C9H13NO4. The van der Waals surface area contributed by atoms with Crippen LogP contribution in [-0.2, 0) is 19.1 Å². The van der Waals surface area contributed by atoms with Crippen molar-refractivity contribution < 1.29 is 19.1 Å². The molecule has 0 aliphatic heterocycles. The molecule has 0 saturated heterocycles. The third kappa shape index (κ3) is 4.42. The molecule has 1 unspecified atom stereocenters. The SMILES string of the molecule is C=CCOC(=O)C(=C)OC(=O)C(C)N. The first-order chi connectivity index (χ1) is 6.49. The van der Waals surface area contributed by atoms with Crippen LogP contribution in [0.2, 0.25) is 0 Å². The van der Waals surface area contributed by atoms with Crippen molar-refractivity contribution in [2.24, 2.45) is 5.73 Å². The summed E-state index contributed by atoms with van der Waals surface area (Å²) in [5.41, 5.74) is 5.20. The summed E-state index contributed by atoms with van der Waals surface area (Å²) < 4.78 is 9.06. The molecule has 14 heavy (non-hydrogen) atoms. The molecule has 78 valence electrons. The van der Waals surface area contributed by atoms with Gasteiger partial charge in [0.05, 0.1) is 0 Å². The Balaban J connectivity index is 4.02. The van der Waals surface area contributed by atoms with Crippen molar-refractivity contribution in [3.05, 3.63) is 25.0 Å². The third-order valence-corrected chi connectivity index (χ3v) is 1.16. The first-order valence-corrected chi connectivity index (χ1v) is 3.93. The summed E-state index contributed by atoms with van der Waals surface area (Å²) in [5, 5.41) is 0. The van der Waals surface area contributed by atoms with E-state index in [1.54, 1.807) is 0 Å². The maximum Gasteiger partial charge on any atom is 0.374 e. The lowest BCUT2D eigenvalue weighted by atomic mass is 10.4. The molecule has 0 aliphatic rings. The molecule has 0 heterocycles. The molecule has 0 saturated carbocycles. The number of carbonyl (C=O) groups excluding carboxylic acids is 2. The average Bonchev–Trinajstić information content (AvgIpc) is 2.13. The van der Waals surface area contributed by atoms with Crippen LogP contribution in [0, 0.1) is 0 Å². The number of nitrogens with two attached hydrogens (primary N) is 1. The van der Waals surface area contributed by atoms with Crippen LogP contribution < -0.4 is 5.73 Å². The highest BCUT2D eigenvalue weighted by atomic mass is 16.6. The van der Waals surface area contributed by atoms with Crippen molar-refractivity contribution in [2.75, 3.05) is 6.61 Å². The van der Waals surface area contributed by atoms with Crippen LogP contribution in [0.25, 0.3) is 0 Å². The van der Waals surface area contributed by atoms with Crippen molar-refractivity contribution in [1.29, 1.82) is 0 Å². The van der Waals surface area contributed by atoms with E-state index in [2.05, 4.69) is 22.6 Å². The van der Waals surface area contributed by atoms with E-state index in [1.165, 1.54) is 13.0 Å². The summed E-state index contributed by atoms with van der Waals surface area (Å²) in [6.45, 7) is 8.04. The molecule has 0 aromatic carbocycles. The Morgan fingerprint density at radius 1 is 1.57 bits per heavy atom. The van der Waals surface area contributed by atoms with E-state index in [1.807, 2.05) is 0 Å². The van der Waals surface area contributed by atoms with Crippen molar-refractivity contribution in [3.8, 4) is 0 Å². The fourth-order valence-electron chi connectivity index (χ4n) is 0.471. The Bertz CT molecular complexity index is 258. The normalized spacial score (nSPS) is 11.3. The van der Waals surface area contributed by atoms with Gasteiger partial charge >= 0.3 is 11.9 Å². The van der Waals surface area contributed by atoms with Crippen molar-refractivity contribution in [1.82, 2.24) is 0 Å². The summed E-state index contributed by atoms with van der Waals surface area (Å²) >= 11 is 0. The monoisotopic (exact) mass is 199 g/mol. The van der Waals surface area contributed by atoms with Gasteiger partial charge in [-0.15, -0.1) is 0 Å². The lowest BCUT2D eigenvalue weighted by molar-refractivity contribution is -0.151. The highest BCUT2D eigenvalue weighted by Gasteiger charge is 2.16. The number of rotatable bonds is 5. The van der Waals surface area contributed by atoms with Gasteiger partial charge in [-0.05, 0) is 13.5 Å². The van der Waals surface area contributed by atoms with Gasteiger partial charge in [-0.1, -0.05) is 12.7 Å². The molecule has 0 bridgehead atoms. The minimum atomic E-state index is -0.807. The molecule has 0 rings (SSSR count). The Morgan fingerprint density at radius 3 is 2.57 bits per heavy atom. The van der Waals surface area contributed by atoms with E-state index >= 15 is 0 Å². The van der Waals surface area contributed by atoms with Crippen LogP contribution in [0.4, 0.5) is 0 Å². The molecule has 5 nitrogen and oxygen atoms in total. The van der Waals surface area contributed by atoms with Gasteiger partial charge in [0.2, 0.25) is 5.76 Å². The highest BCUT2D eigenvalue weighted by Crippen LogP contribution is 1.99. The minimum Gasteiger partial charge on any atom is -0.456 e. The molecule has 0 amide bonds. The Morgan fingerprint density at radius 2 is 2.14 bits per heavy atom. The quantitative estimate of drug-likeness (QED) is 0.294. The van der Waals surface area contributed by atoms with Gasteiger partial charge in [0.15, 0.2) is 0 Å². The van der Waals surface area contributed by atoms with Gasteiger partial charge in [0.1, 0.15) is 12.6 Å². The summed E-state index contributed by atoms with van der Waals surface area (Å²) in [5.74, 6) is -1.92. The molecule has 0 aromatic heterocycles. The zero-order valence-electron chi connectivity index (χ0n) is 7.99. The molecular weight excluding hydrogens is 186 g/mol. The van der Waals surface area contributed by atoms with E-state index < -0.39 is 18.0 Å². The zero-order valence-corrected chi connectivity index (χ0v) is 7.99. The Kier molecular flexibility index (Phi) is 5.24. The van der Waals surface area contributed by atoms with Crippen LogP contribution in [-0.4, -0.2) is 24.6 Å². The molecule has 2 N–H and O–H groups in total. The molecule has 0 spiro atoms. The van der Waals surface area contributed by atoms with E-state index in [0.29, 0.717) is 0 Å². The third-order valence-electron chi connectivity index (χ3n) is 1.16. The average molecular weight is 199 g/mol. The number of esters is 2. The van der Waals surface area contributed by atoms with E-state index in [-0.39, 0.29) is 12.4 Å².